The molecule has 1 aromatic rings. The van der Waals surface area contributed by atoms with Crippen LogP contribution in [0.1, 0.15) is 51.0 Å². The van der Waals surface area contributed by atoms with Gasteiger partial charge < -0.3 is 4.74 Å². The zero-order chi connectivity index (χ0) is 12.9. The van der Waals surface area contributed by atoms with Gasteiger partial charge >= 0.3 is 0 Å². The zero-order valence-electron chi connectivity index (χ0n) is 11.3. The van der Waals surface area contributed by atoms with E-state index in [4.69, 9.17) is 4.74 Å². The van der Waals surface area contributed by atoms with Gasteiger partial charge in [0.15, 0.2) is 0 Å². The average molecular weight is 282 g/mol. The molecule has 1 saturated carbocycles. The monoisotopic (exact) mass is 282 g/mol. The number of rotatable bonds is 5. The van der Waals surface area contributed by atoms with Crippen molar-refractivity contribution in [2.45, 2.75) is 56.1 Å². The van der Waals surface area contributed by atoms with Gasteiger partial charge in [0.1, 0.15) is 0 Å². The minimum atomic E-state index is 0.428. The second kappa shape index (κ2) is 6.70. The highest BCUT2D eigenvalue weighted by Gasteiger charge is 2.21. The van der Waals surface area contributed by atoms with Crippen LogP contribution in [0.25, 0.3) is 0 Å². The molecule has 0 unspecified atom stereocenters. The molecule has 2 fully saturated rings. The highest BCUT2D eigenvalue weighted by molar-refractivity contribution is 7.99. The first-order valence-corrected chi connectivity index (χ1v) is 8.40. The van der Waals surface area contributed by atoms with E-state index in [0.29, 0.717) is 6.04 Å². The van der Waals surface area contributed by atoms with Crippen molar-refractivity contribution in [2.24, 2.45) is 5.92 Å². The third-order valence-corrected chi connectivity index (χ3v) is 5.20. The maximum Gasteiger partial charge on any atom is 0.209 e. The predicted octanol–water partition coefficient (Wildman–Crippen LogP) is 2.70. The Bertz CT molecular complexity index is 386. The van der Waals surface area contributed by atoms with Crippen LogP contribution in [0.5, 0.6) is 0 Å². The Morgan fingerprint density at radius 1 is 1.16 bits per heavy atom. The average Bonchev–Trinajstić information content (AvgIpc) is 3.11. The fourth-order valence-electron chi connectivity index (χ4n) is 3.06. The lowest BCUT2D eigenvalue weighted by atomic mass is 10.1. The fraction of sp³-hybridized carbons (Fsp3) is 0.923. The van der Waals surface area contributed by atoms with Crippen LogP contribution >= 0.6 is 11.8 Å². The molecule has 0 bridgehead atoms. The van der Waals surface area contributed by atoms with E-state index in [2.05, 4.69) is 15.5 Å². The molecule has 0 spiro atoms. The lowest BCUT2D eigenvalue weighted by molar-refractivity contribution is 0.0631. The van der Waals surface area contributed by atoms with Crippen LogP contribution in [0, 0.1) is 5.92 Å². The van der Waals surface area contributed by atoms with E-state index in [0.717, 1.165) is 42.9 Å². The first kappa shape index (κ1) is 13.4. The number of ether oxygens (including phenoxy) is 1. The van der Waals surface area contributed by atoms with E-state index >= 15 is 0 Å². The van der Waals surface area contributed by atoms with Gasteiger partial charge in [-0.1, -0.05) is 37.4 Å². The molecule has 1 aromatic heterocycles. The van der Waals surface area contributed by atoms with Crippen molar-refractivity contribution in [3.8, 4) is 0 Å². The van der Waals surface area contributed by atoms with Crippen LogP contribution in [0.2, 0.25) is 0 Å². The van der Waals surface area contributed by atoms with Gasteiger partial charge in [-0.15, -0.1) is 5.10 Å². The van der Waals surface area contributed by atoms with Crippen LogP contribution in [0.4, 0.5) is 0 Å². The minimum absolute atomic E-state index is 0.428. The van der Waals surface area contributed by atoms with Crippen molar-refractivity contribution in [1.29, 1.82) is 0 Å². The third kappa shape index (κ3) is 3.48. The minimum Gasteiger partial charge on any atom is -0.381 e. The third-order valence-electron chi connectivity index (χ3n) is 4.23. The lowest BCUT2D eigenvalue weighted by Gasteiger charge is -2.22. The number of aromatic nitrogens is 4. The Kier molecular flexibility index (Phi) is 4.71. The molecular formula is C13H22N4OS. The molecule has 1 saturated heterocycles. The largest absolute Gasteiger partial charge is 0.381 e. The summed E-state index contributed by atoms with van der Waals surface area (Å²) in [5, 5.41) is 13.2. The standard InChI is InChI=1S/C13H22N4OS/c1-2-4-11(3-1)7-10-19-13-14-15-16-17(13)12-5-8-18-9-6-12/h11-12H,1-10H2. The molecule has 0 atom stereocenters. The van der Waals surface area contributed by atoms with Crippen molar-refractivity contribution in [2.75, 3.05) is 19.0 Å². The van der Waals surface area contributed by atoms with E-state index in [9.17, 15) is 0 Å². The summed E-state index contributed by atoms with van der Waals surface area (Å²) in [6.45, 7) is 1.66. The Hall–Kier alpha value is -0.620. The van der Waals surface area contributed by atoms with Gasteiger partial charge in [0.25, 0.3) is 0 Å². The van der Waals surface area contributed by atoms with E-state index < -0.39 is 0 Å². The van der Waals surface area contributed by atoms with E-state index in [1.165, 1.54) is 32.1 Å². The number of hydrogen-bond donors (Lipinski definition) is 0. The maximum absolute atomic E-state index is 5.40. The Balaban J connectivity index is 1.51. The number of thioether (sulfide) groups is 1. The van der Waals surface area contributed by atoms with Gasteiger partial charge in [0.2, 0.25) is 5.16 Å². The van der Waals surface area contributed by atoms with Crippen molar-refractivity contribution < 1.29 is 4.74 Å². The summed E-state index contributed by atoms with van der Waals surface area (Å²) in [4.78, 5) is 0. The molecule has 1 aliphatic carbocycles. The molecule has 0 amide bonds. The second-order valence-corrected chi connectivity index (χ2v) is 6.60. The topological polar surface area (TPSA) is 52.8 Å². The molecular weight excluding hydrogens is 260 g/mol. The second-order valence-electron chi connectivity index (χ2n) is 5.54. The van der Waals surface area contributed by atoms with Crippen LogP contribution in [0.15, 0.2) is 5.16 Å². The molecule has 6 heteroatoms. The van der Waals surface area contributed by atoms with E-state index in [1.807, 2.05) is 16.4 Å². The van der Waals surface area contributed by atoms with Crippen LogP contribution < -0.4 is 0 Å². The van der Waals surface area contributed by atoms with Gasteiger partial charge in [-0.2, -0.15) is 0 Å². The quantitative estimate of drug-likeness (QED) is 0.777. The van der Waals surface area contributed by atoms with Gasteiger partial charge in [0.05, 0.1) is 6.04 Å². The normalized spacial score (nSPS) is 22.1. The summed E-state index contributed by atoms with van der Waals surface area (Å²) < 4.78 is 7.41. The first-order valence-electron chi connectivity index (χ1n) is 7.42. The molecule has 2 heterocycles. The molecule has 5 nitrogen and oxygen atoms in total. The Labute approximate surface area is 118 Å². The Morgan fingerprint density at radius 3 is 2.74 bits per heavy atom. The van der Waals surface area contributed by atoms with Gasteiger partial charge in [-0.3, -0.25) is 0 Å². The molecule has 0 radical (unpaired) electrons. The highest BCUT2D eigenvalue weighted by Crippen LogP contribution is 2.31. The fourth-order valence-corrected chi connectivity index (χ4v) is 4.10. The molecule has 19 heavy (non-hydrogen) atoms. The molecule has 2 aliphatic rings. The van der Waals surface area contributed by atoms with E-state index in [-0.39, 0.29) is 0 Å². The molecule has 0 N–H and O–H groups in total. The van der Waals surface area contributed by atoms with Gasteiger partial charge in [0, 0.05) is 19.0 Å². The first-order chi connectivity index (χ1) is 9.43. The number of hydrogen-bond acceptors (Lipinski definition) is 5. The van der Waals surface area contributed by atoms with Crippen molar-refractivity contribution >= 4 is 11.8 Å². The number of tetrazole rings is 1. The summed E-state index contributed by atoms with van der Waals surface area (Å²) in [5.41, 5.74) is 0. The molecule has 1 aliphatic heterocycles. The zero-order valence-corrected chi connectivity index (χ0v) is 12.1. The summed E-state index contributed by atoms with van der Waals surface area (Å²) in [6, 6.07) is 0.428. The van der Waals surface area contributed by atoms with E-state index in [1.54, 1.807) is 0 Å². The summed E-state index contributed by atoms with van der Waals surface area (Å²) >= 11 is 1.82. The van der Waals surface area contributed by atoms with Gasteiger partial charge in [-0.05, 0) is 35.6 Å². The van der Waals surface area contributed by atoms with Crippen LogP contribution in [-0.2, 0) is 4.74 Å². The number of nitrogens with zero attached hydrogens (tertiary/aromatic N) is 4. The highest BCUT2D eigenvalue weighted by atomic mass is 32.2. The summed E-state index contributed by atoms with van der Waals surface area (Å²) in [5.74, 6) is 2.09. The van der Waals surface area contributed by atoms with Gasteiger partial charge in [-0.25, -0.2) is 4.68 Å². The van der Waals surface area contributed by atoms with Crippen LogP contribution in [0.3, 0.4) is 0 Å². The van der Waals surface area contributed by atoms with Crippen molar-refractivity contribution in [3.63, 3.8) is 0 Å². The smallest absolute Gasteiger partial charge is 0.209 e. The lowest BCUT2D eigenvalue weighted by Crippen LogP contribution is -2.21. The van der Waals surface area contributed by atoms with Crippen molar-refractivity contribution in [3.05, 3.63) is 0 Å². The van der Waals surface area contributed by atoms with Crippen molar-refractivity contribution in [1.82, 2.24) is 20.2 Å². The summed E-state index contributed by atoms with van der Waals surface area (Å²) in [7, 11) is 0. The SMILES string of the molecule is C1CCC(CCSc2nnnn2C2CCOCC2)C1. The molecule has 0 aromatic carbocycles. The molecule has 3 rings (SSSR count). The predicted molar refractivity (Wildman–Crippen MR) is 74.2 cm³/mol. The molecule has 106 valence electrons. The van der Waals surface area contributed by atoms with Crippen LogP contribution in [-0.4, -0.2) is 39.2 Å². The summed E-state index contributed by atoms with van der Waals surface area (Å²) in [6.07, 6.45) is 9.06. The Morgan fingerprint density at radius 2 is 1.95 bits per heavy atom. The maximum atomic E-state index is 5.40.